The van der Waals surface area contributed by atoms with E-state index >= 15 is 0 Å². The van der Waals surface area contributed by atoms with Crippen LogP contribution >= 0.6 is 0 Å². The van der Waals surface area contributed by atoms with E-state index in [-0.39, 0.29) is 25.3 Å². The van der Waals surface area contributed by atoms with Crippen molar-refractivity contribution in [3.63, 3.8) is 0 Å². The molecule has 2 N–H and O–H groups in total. The zero-order valence-corrected chi connectivity index (χ0v) is 15.5. The van der Waals surface area contributed by atoms with E-state index in [2.05, 4.69) is 43.6 Å². The van der Waals surface area contributed by atoms with Crippen molar-refractivity contribution >= 4 is 11.8 Å². The summed E-state index contributed by atoms with van der Waals surface area (Å²) in [5.41, 5.74) is 1.49. The van der Waals surface area contributed by atoms with Gasteiger partial charge in [0.25, 0.3) is 0 Å². The number of hydrogen-bond donors (Lipinski definition) is 2. The Morgan fingerprint density at radius 2 is 1.85 bits per heavy atom. The molecule has 8 nitrogen and oxygen atoms in total. The Labute approximate surface area is 153 Å². The summed E-state index contributed by atoms with van der Waals surface area (Å²) in [6.07, 6.45) is 2.20. The Balaban J connectivity index is 1.81. The molecule has 0 aliphatic carbocycles. The third-order valence-electron chi connectivity index (χ3n) is 4.55. The number of nitrogens with zero attached hydrogens (tertiary/aromatic N) is 6. The van der Waals surface area contributed by atoms with Crippen LogP contribution in [0.5, 0.6) is 0 Å². The van der Waals surface area contributed by atoms with E-state index < -0.39 is 0 Å². The number of aliphatic hydroxyl groups excluding tert-OH is 2. The van der Waals surface area contributed by atoms with Crippen LogP contribution < -0.4 is 9.80 Å². The molecule has 8 heteroatoms. The van der Waals surface area contributed by atoms with E-state index in [4.69, 9.17) is 5.11 Å². The summed E-state index contributed by atoms with van der Waals surface area (Å²) in [6.45, 7) is 7.70. The van der Waals surface area contributed by atoms with Gasteiger partial charge in [0, 0.05) is 43.5 Å². The fourth-order valence-corrected chi connectivity index (χ4v) is 3.53. The Hall–Kier alpha value is -2.32. The van der Waals surface area contributed by atoms with Crippen LogP contribution in [0.4, 0.5) is 11.8 Å². The first kappa shape index (κ1) is 18.5. The summed E-state index contributed by atoms with van der Waals surface area (Å²) in [6, 6.07) is 4.13. The topological polar surface area (TPSA) is 98.5 Å². The predicted molar refractivity (Wildman–Crippen MR) is 99.1 cm³/mol. The van der Waals surface area contributed by atoms with Crippen LogP contribution in [-0.4, -0.2) is 61.9 Å². The third-order valence-corrected chi connectivity index (χ3v) is 4.55. The molecular formula is C18H26N6O2. The molecular weight excluding hydrogens is 332 g/mol. The van der Waals surface area contributed by atoms with Crippen molar-refractivity contribution in [1.29, 1.82) is 0 Å². The van der Waals surface area contributed by atoms with Crippen LogP contribution in [0.15, 0.2) is 18.3 Å². The molecule has 26 heavy (non-hydrogen) atoms. The molecule has 0 bridgehead atoms. The molecule has 0 amide bonds. The highest BCUT2D eigenvalue weighted by Gasteiger charge is 2.32. The van der Waals surface area contributed by atoms with Gasteiger partial charge in [-0.15, -0.1) is 0 Å². The van der Waals surface area contributed by atoms with Gasteiger partial charge in [0.2, 0.25) is 5.95 Å². The molecule has 2 atom stereocenters. The zero-order chi connectivity index (χ0) is 18.7. The van der Waals surface area contributed by atoms with E-state index in [1.54, 1.807) is 12.3 Å². The number of rotatable bonds is 5. The molecule has 3 rings (SSSR count). The molecule has 0 aromatic carbocycles. The van der Waals surface area contributed by atoms with Gasteiger partial charge in [-0.25, -0.2) is 19.9 Å². The summed E-state index contributed by atoms with van der Waals surface area (Å²) in [4.78, 5) is 22.3. The maximum Gasteiger partial charge on any atom is 0.225 e. The van der Waals surface area contributed by atoms with Gasteiger partial charge in [-0.05, 0) is 32.9 Å². The number of aliphatic hydroxyl groups is 2. The molecule has 1 aliphatic rings. The zero-order valence-electron chi connectivity index (χ0n) is 15.5. The SMILES string of the molecule is Cc1cc(CO)nc(N2C[C@@H](C)N(c3ccnc(CCO)n3)[C@@H](C)C2)n1. The number of hydrogen-bond acceptors (Lipinski definition) is 8. The molecule has 0 unspecified atom stereocenters. The van der Waals surface area contributed by atoms with Crippen molar-refractivity contribution in [2.24, 2.45) is 0 Å². The lowest BCUT2D eigenvalue weighted by Gasteiger charge is -2.45. The molecule has 1 saturated heterocycles. The monoisotopic (exact) mass is 358 g/mol. The summed E-state index contributed by atoms with van der Waals surface area (Å²) in [5.74, 6) is 2.20. The molecule has 1 aliphatic heterocycles. The summed E-state index contributed by atoms with van der Waals surface area (Å²) in [7, 11) is 0. The van der Waals surface area contributed by atoms with Gasteiger partial charge in [-0.2, -0.15) is 0 Å². The first-order valence-electron chi connectivity index (χ1n) is 8.93. The first-order valence-corrected chi connectivity index (χ1v) is 8.93. The smallest absolute Gasteiger partial charge is 0.225 e. The highest BCUT2D eigenvalue weighted by molar-refractivity contribution is 5.45. The number of aromatic nitrogens is 4. The summed E-state index contributed by atoms with van der Waals surface area (Å²) < 4.78 is 0. The van der Waals surface area contributed by atoms with Gasteiger partial charge < -0.3 is 20.0 Å². The number of piperazine rings is 1. The molecule has 2 aromatic rings. The average molecular weight is 358 g/mol. The van der Waals surface area contributed by atoms with Gasteiger partial charge in [0.05, 0.1) is 18.9 Å². The van der Waals surface area contributed by atoms with Crippen molar-refractivity contribution in [3.05, 3.63) is 35.5 Å². The number of aryl methyl sites for hydroxylation is 1. The standard InChI is InChI=1S/C18H26N6O2/c1-12-8-15(11-26)21-18(20-12)23-9-13(2)24(14(3)10-23)17-4-6-19-16(22-17)5-7-25/h4,6,8,13-14,25-26H,5,7,9-11H2,1-3H3/t13-,14+. The van der Waals surface area contributed by atoms with Crippen molar-refractivity contribution in [1.82, 2.24) is 19.9 Å². The second-order valence-corrected chi connectivity index (χ2v) is 6.77. The van der Waals surface area contributed by atoms with Gasteiger partial charge in [-0.1, -0.05) is 0 Å². The highest BCUT2D eigenvalue weighted by atomic mass is 16.3. The van der Waals surface area contributed by atoms with E-state index in [1.807, 2.05) is 13.0 Å². The average Bonchev–Trinajstić information content (AvgIpc) is 2.61. The van der Waals surface area contributed by atoms with Crippen LogP contribution in [0.3, 0.4) is 0 Å². The van der Waals surface area contributed by atoms with E-state index in [0.717, 1.165) is 24.6 Å². The van der Waals surface area contributed by atoms with E-state index in [0.29, 0.717) is 23.9 Å². The van der Waals surface area contributed by atoms with Crippen LogP contribution in [-0.2, 0) is 13.0 Å². The van der Waals surface area contributed by atoms with Crippen molar-refractivity contribution in [3.8, 4) is 0 Å². The Morgan fingerprint density at radius 1 is 1.12 bits per heavy atom. The van der Waals surface area contributed by atoms with E-state index in [1.165, 1.54) is 0 Å². The van der Waals surface area contributed by atoms with Crippen LogP contribution in [0.25, 0.3) is 0 Å². The Bertz CT molecular complexity index is 744. The molecule has 1 fully saturated rings. The molecule has 140 valence electrons. The van der Waals surface area contributed by atoms with Gasteiger partial charge in [0.15, 0.2) is 0 Å². The number of anilines is 2. The first-order chi connectivity index (χ1) is 12.5. The van der Waals surface area contributed by atoms with Crippen molar-refractivity contribution in [2.45, 2.75) is 45.9 Å². The normalized spacial score (nSPS) is 20.5. The van der Waals surface area contributed by atoms with Crippen LogP contribution in [0.2, 0.25) is 0 Å². The second kappa shape index (κ2) is 7.92. The highest BCUT2D eigenvalue weighted by Crippen LogP contribution is 2.25. The quantitative estimate of drug-likeness (QED) is 0.806. The van der Waals surface area contributed by atoms with Crippen LogP contribution in [0, 0.1) is 6.92 Å². The fraction of sp³-hybridized carbons (Fsp3) is 0.556. The van der Waals surface area contributed by atoms with Gasteiger partial charge >= 0.3 is 0 Å². The minimum Gasteiger partial charge on any atom is -0.396 e. The van der Waals surface area contributed by atoms with Crippen molar-refractivity contribution < 1.29 is 10.2 Å². The minimum absolute atomic E-state index is 0.0419. The van der Waals surface area contributed by atoms with Crippen LogP contribution in [0.1, 0.15) is 31.1 Å². The fourth-order valence-electron chi connectivity index (χ4n) is 3.53. The molecule has 2 aromatic heterocycles. The summed E-state index contributed by atoms with van der Waals surface area (Å²) in [5, 5.41) is 18.5. The van der Waals surface area contributed by atoms with E-state index in [9.17, 15) is 5.11 Å². The summed E-state index contributed by atoms with van der Waals surface area (Å²) >= 11 is 0. The Kier molecular flexibility index (Phi) is 5.63. The molecule has 0 saturated carbocycles. The lowest BCUT2D eigenvalue weighted by molar-refractivity contribution is 0.276. The molecule has 3 heterocycles. The second-order valence-electron chi connectivity index (χ2n) is 6.77. The largest absolute Gasteiger partial charge is 0.396 e. The van der Waals surface area contributed by atoms with Crippen molar-refractivity contribution in [2.75, 3.05) is 29.5 Å². The lowest BCUT2D eigenvalue weighted by Crippen LogP contribution is -2.57. The predicted octanol–water partition coefficient (Wildman–Crippen LogP) is 0.706. The Morgan fingerprint density at radius 3 is 2.50 bits per heavy atom. The maximum absolute atomic E-state index is 9.40. The molecule has 0 spiro atoms. The lowest BCUT2D eigenvalue weighted by atomic mass is 10.1. The minimum atomic E-state index is -0.0873. The maximum atomic E-state index is 9.40. The van der Waals surface area contributed by atoms with Gasteiger partial charge in [0.1, 0.15) is 11.6 Å². The third kappa shape index (κ3) is 3.91. The molecule has 0 radical (unpaired) electrons. The van der Waals surface area contributed by atoms with Gasteiger partial charge in [-0.3, -0.25) is 0 Å².